The number of fused-ring (bicyclic) bond motifs is 1. The molecule has 0 bridgehead atoms. The average molecular weight is 275 g/mol. The summed E-state index contributed by atoms with van der Waals surface area (Å²) in [5, 5.41) is 1.03. The van der Waals surface area contributed by atoms with Crippen LogP contribution in [0.25, 0.3) is 11.0 Å². The minimum atomic E-state index is -0.501. The van der Waals surface area contributed by atoms with E-state index in [1.165, 1.54) is 0 Å². The Bertz CT molecular complexity index is 576. The number of nitrogens with zero attached hydrogens (tertiary/aromatic N) is 1. The molecular weight excluding hydrogens is 254 g/mol. The molecule has 0 saturated heterocycles. The van der Waals surface area contributed by atoms with Gasteiger partial charge in [0.05, 0.1) is 6.04 Å². The minimum Gasteiger partial charge on any atom is -0.459 e. The van der Waals surface area contributed by atoms with Crippen LogP contribution in [0, 0.1) is 0 Å². The Kier molecular flexibility index (Phi) is 3.75. The van der Waals surface area contributed by atoms with Gasteiger partial charge in [-0.05, 0) is 39.8 Å². The maximum atomic E-state index is 12.1. The Labute approximate surface area is 119 Å². The summed E-state index contributed by atoms with van der Waals surface area (Å²) in [5.41, 5.74) is 0.325. The van der Waals surface area contributed by atoms with Crippen LogP contribution in [-0.2, 0) is 4.74 Å². The molecule has 1 aromatic heterocycles. The lowest BCUT2D eigenvalue weighted by atomic mass is 10.2. The molecular formula is C16H21NO3. The van der Waals surface area contributed by atoms with Gasteiger partial charge in [-0.3, -0.25) is 0 Å². The molecule has 4 heteroatoms. The van der Waals surface area contributed by atoms with E-state index in [0.717, 1.165) is 16.7 Å². The zero-order chi connectivity index (χ0) is 14.9. The Hall–Kier alpha value is -1.97. The Morgan fingerprint density at radius 3 is 2.55 bits per heavy atom. The maximum Gasteiger partial charge on any atom is 0.410 e. The third-order valence-corrected chi connectivity index (χ3v) is 3.12. The topological polar surface area (TPSA) is 42.7 Å². The van der Waals surface area contributed by atoms with Crippen LogP contribution in [0.3, 0.4) is 0 Å². The number of rotatable bonds is 2. The van der Waals surface area contributed by atoms with E-state index in [2.05, 4.69) is 0 Å². The fourth-order valence-corrected chi connectivity index (χ4v) is 1.89. The van der Waals surface area contributed by atoms with Crippen molar-refractivity contribution in [2.24, 2.45) is 0 Å². The first-order valence-corrected chi connectivity index (χ1v) is 6.72. The van der Waals surface area contributed by atoms with Gasteiger partial charge in [-0.2, -0.15) is 0 Å². The van der Waals surface area contributed by atoms with Gasteiger partial charge in [0.1, 0.15) is 16.9 Å². The SMILES string of the molecule is CC(c1cc2ccccc2o1)N(C)C(=O)OC(C)(C)C. The number of furan rings is 1. The monoisotopic (exact) mass is 275 g/mol. The fraction of sp³-hybridized carbons (Fsp3) is 0.438. The van der Waals surface area contributed by atoms with Gasteiger partial charge in [0, 0.05) is 12.4 Å². The number of amides is 1. The van der Waals surface area contributed by atoms with Crippen molar-refractivity contribution in [1.29, 1.82) is 0 Å². The molecule has 1 heterocycles. The number of hydrogen-bond donors (Lipinski definition) is 0. The lowest BCUT2D eigenvalue weighted by molar-refractivity contribution is 0.0218. The molecule has 0 saturated carbocycles. The normalized spacial score (nSPS) is 13.2. The standard InChI is InChI=1S/C16H21NO3/c1-11(17(5)15(18)20-16(2,3)4)14-10-12-8-6-7-9-13(12)19-14/h6-11H,1-5H3. The van der Waals surface area contributed by atoms with Crippen molar-refractivity contribution in [3.8, 4) is 0 Å². The van der Waals surface area contributed by atoms with Crippen LogP contribution in [0.5, 0.6) is 0 Å². The lowest BCUT2D eigenvalue weighted by Crippen LogP contribution is -2.35. The molecule has 0 aliphatic heterocycles. The third kappa shape index (κ3) is 3.13. The number of ether oxygens (including phenoxy) is 1. The van der Waals surface area contributed by atoms with Crippen LogP contribution in [0.4, 0.5) is 4.79 Å². The van der Waals surface area contributed by atoms with Gasteiger partial charge in [0.2, 0.25) is 0 Å². The van der Waals surface area contributed by atoms with Gasteiger partial charge >= 0.3 is 6.09 Å². The van der Waals surface area contributed by atoms with Crippen molar-refractivity contribution < 1.29 is 13.9 Å². The van der Waals surface area contributed by atoms with E-state index in [1.54, 1.807) is 11.9 Å². The van der Waals surface area contributed by atoms with Gasteiger partial charge in [0.25, 0.3) is 0 Å². The lowest BCUT2D eigenvalue weighted by Gasteiger charge is -2.27. The van der Waals surface area contributed by atoms with Crippen LogP contribution < -0.4 is 0 Å². The molecule has 2 aromatic rings. The van der Waals surface area contributed by atoms with Crippen LogP contribution in [0.1, 0.15) is 39.5 Å². The summed E-state index contributed by atoms with van der Waals surface area (Å²) in [7, 11) is 1.71. The summed E-state index contributed by atoms with van der Waals surface area (Å²) >= 11 is 0. The van der Waals surface area contributed by atoms with Crippen LogP contribution >= 0.6 is 0 Å². The minimum absolute atomic E-state index is 0.183. The zero-order valence-electron chi connectivity index (χ0n) is 12.6. The molecule has 108 valence electrons. The molecule has 1 atom stereocenters. The molecule has 1 aromatic carbocycles. The highest BCUT2D eigenvalue weighted by atomic mass is 16.6. The highest BCUT2D eigenvalue weighted by Crippen LogP contribution is 2.27. The van der Waals surface area contributed by atoms with Crippen LogP contribution in [0.15, 0.2) is 34.7 Å². The summed E-state index contributed by atoms with van der Waals surface area (Å²) < 4.78 is 11.1. The molecule has 20 heavy (non-hydrogen) atoms. The Morgan fingerprint density at radius 2 is 1.95 bits per heavy atom. The highest BCUT2D eigenvalue weighted by molar-refractivity contribution is 5.78. The second-order valence-corrected chi connectivity index (χ2v) is 5.95. The van der Waals surface area contributed by atoms with Crippen molar-refractivity contribution in [1.82, 2.24) is 4.90 Å². The first kappa shape index (κ1) is 14.4. The molecule has 1 amide bonds. The number of benzene rings is 1. The van der Waals surface area contributed by atoms with Gasteiger partial charge < -0.3 is 14.1 Å². The maximum absolute atomic E-state index is 12.1. The fourth-order valence-electron chi connectivity index (χ4n) is 1.89. The van der Waals surface area contributed by atoms with Gasteiger partial charge in [-0.1, -0.05) is 18.2 Å². The summed E-state index contributed by atoms with van der Waals surface area (Å²) in [6, 6.07) is 9.57. The van der Waals surface area contributed by atoms with Crippen molar-refractivity contribution in [2.45, 2.75) is 39.3 Å². The van der Waals surface area contributed by atoms with E-state index in [4.69, 9.17) is 9.15 Å². The molecule has 1 unspecified atom stereocenters. The van der Waals surface area contributed by atoms with Gasteiger partial charge in [0.15, 0.2) is 0 Å². The second kappa shape index (κ2) is 5.19. The number of hydrogen-bond acceptors (Lipinski definition) is 3. The number of carbonyl (C=O) groups excluding carboxylic acids is 1. The van der Waals surface area contributed by atoms with E-state index in [1.807, 2.05) is 58.0 Å². The van der Waals surface area contributed by atoms with Crippen LogP contribution in [0.2, 0.25) is 0 Å². The van der Waals surface area contributed by atoms with E-state index in [0.29, 0.717) is 0 Å². The van der Waals surface area contributed by atoms with Crippen molar-refractivity contribution in [3.05, 3.63) is 36.1 Å². The summed E-state index contributed by atoms with van der Waals surface area (Å²) in [6.45, 7) is 7.47. The average Bonchev–Trinajstić information content (AvgIpc) is 2.78. The van der Waals surface area contributed by atoms with Crippen molar-refractivity contribution in [2.75, 3.05) is 7.05 Å². The predicted octanol–water partition coefficient (Wildman–Crippen LogP) is 4.36. The van der Waals surface area contributed by atoms with Crippen molar-refractivity contribution in [3.63, 3.8) is 0 Å². The summed E-state index contributed by atoms with van der Waals surface area (Å²) in [5.74, 6) is 0.750. The molecule has 4 nitrogen and oxygen atoms in total. The quantitative estimate of drug-likeness (QED) is 0.817. The number of para-hydroxylation sites is 1. The Balaban J connectivity index is 2.17. The van der Waals surface area contributed by atoms with Gasteiger partial charge in [-0.25, -0.2) is 4.79 Å². The largest absolute Gasteiger partial charge is 0.459 e. The van der Waals surface area contributed by atoms with E-state index in [9.17, 15) is 4.79 Å². The predicted molar refractivity (Wildman–Crippen MR) is 78.6 cm³/mol. The molecule has 0 fully saturated rings. The summed E-state index contributed by atoms with van der Waals surface area (Å²) in [4.78, 5) is 13.6. The summed E-state index contributed by atoms with van der Waals surface area (Å²) in [6.07, 6.45) is -0.356. The molecule has 0 aliphatic carbocycles. The molecule has 0 radical (unpaired) electrons. The second-order valence-electron chi connectivity index (χ2n) is 5.95. The first-order valence-electron chi connectivity index (χ1n) is 6.72. The first-order chi connectivity index (χ1) is 9.28. The van der Waals surface area contributed by atoms with E-state index >= 15 is 0 Å². The molecule has 2 rings (SSSR count). The van der Waals surface area contributed by atoms with Gasteiger partial charge in [-0.15, -0.1) is 0 Å². The zero-order valence-corrected chi connectivity index (χ0v) is 12.6. The molecule has 0 aliphatic rings. The number of carbonyl (C=O) groups is 1. The highest BCUT2D eigenvalue weighted by Gasteiger charge is 2.25. The van der Waals surface area contributed by atoms with E-state index < -0.39 is 5.60 Å². The smallest absolute Gasteiger partial charge is 0.410 e. The third-order valence-electron chi connectivity index (χ3n) is 3.12. The molecule has 0 spiro atoms. The van der Waals surface area contributed by atoms with E-state index in [-0.39, 0.29) is 12.1 Å². The Morgan fingerprint density at radius 1 is 1.30 bits per heavy atom. The van der Waals surface area contributed by atoms with Crippen LogP contribution in [-0.4, -0.2) is 23.6 Å². The molecule has 0 N–H and O–H groups in total. The van der Waals surface area contributed by atoms with Crippen molar-refractivity contribution >= 4 is 17.1 Å².